The molecule has 0 saturated carbocycles. The molecule has 1 aromatic rings. The van der Waals surface area contributed by atoms with Crippen molar-refractivity contribution < 1.29 is 4.74 Å². The molecule has 0 aromatic carbocycles. The minimum Gasteiger partial charge on any atom is -0.373 e. The van der Waals surface area contributed by atoms with Crippen molar-refractivity contribution in [1.82, 2.24) is 4.98 Å². The lowest BCUT2D eigenvalue weighted by Crippen LogP contribution is -2.34. The summed E-state index contributed by atoms with van der Waals surface area (Å²) in [4.78, 5) is 4.10. The van der Waals surface area contributed by atoms with E-state index in [9.17, 15) is 0 Å². The molecule has 4 heteroatoms. The molecule has 72 valence electrons. The van der Waals surface area contributed by atoms with Crippen molar-refractivity contribution >= 4 is 0 Å². The van der Waals surface area contributed by atoms with Crippen molar-refractivity contribution in [3.63, 3.8) is 0 Å². The summed E-state index contributed by atoms with van der Waals surface area (Å²) in [5, 5.41) is 0. The van der Waals surface area contributed by atoms with Gasteiger partial charge in [0.15, 0.2) is 0 Å². The molecule has 0 aliphatic rings. The zero-order valence-electron chi connectivity index (χ0n) is 7.52. The first kappa shape index (κ1) is 10.1. The van der Waals surface area contributed by atoms with Crippen molar-refractivity contribution in [3.05, 3.63) is 30.1 Å². The van der Waals surface area contributed by atoms with Crippen LogP contribution in [0.3, 0.4) is 0 Å². The maximum absolute atomic E-state index is 5.57. The Hall–Kier alpha value is -0.970. The Morgan fingerprint density at radius 1 is 1.46 bits per heavy atom. The lowest BCUT2D eigenvalue weighted by Gasteiger charge is -2.08. The summed E-state index contributed by atoms with van der Waals surface area (Å²) in [6.07, 6.45) is 1.74. The van der Waals surface area contributed by atoms with Crippen LogP contribution in [0.15, 0.2) is 24.4 Å². The van der Waals surface area contributed by atoms with E-state index in [-0.39, 0.29) is 6.04 Å². The van der Waals surface area contributed by atoms with E-state index in [1.54, 1.807) is 6.20 Å². The summed E-state index contributed by atoms with van der Waals surface area (Å²) in [6.45, 7) is 1.42. The lowest BCUT2D eigenvalue weighted by molar-refractivity contribution is 0.107. The number of pyridine rings is 1. The van der Waals surface area contributed by atoms with Crippen LogP contribution in [0.5, 0.6) is 0 Å². The SMILES string of the molecule is NC[C@H](N)COCc1ccccn1. The highest BCUT2D eigenvalue weighted by Crippen LogP contribution is 1.95. The highest BCUT2D eigenvalue weighted by molar-refractivity contribution is 5.01. The van der Waals surface area contributed by atoms with E-state index in [1.807, 2.05) is 18.2 Å². The normalized spacial score (nSPS) is 12.8. The molecule has 0 unspecified atom stereocenters. The molecule has 4 N–H and O–H groups in total. The van der Waals surface area contributed by atoms with Crippen molar-refractivity contribution in [3.8, 4) is 0 Å². The van der Waals surface area contributed by atoms with Crippen molar-refractivity contribution in [2.75, 3.05) is 13.2 Å². The standard InChI is InChI=1S/C9H15N3O/c10-5-8(11)6-13-7-9-3-1-2-4-12-9/h1-4,8H,5-7,10-11H2/t8-/m0/s1. The van der Waals surface area contributed by atoms with E-state index in [4.69, 9.17) is 16.2 Å². The van der Waals surface area contributed by atoms with Gasteiger partial charge in [-0.05, 0) is 12.1 Å². The Bertz CT molecular complexity index is 228. The molecule has 0 fully saturated rings. The average Bonchev–Trinajstić information content (AvgIpc) is 2.19. The maximum Gasteiger partial charge on any atom is 0.0888 e. The van der Waals surface area contributed by atoms with E-state index >= 15 is 0 Å². The minimum atomic E-state index is -0.0799. The van der Waals surface area contributed by atoms with Crippen LogP contribution in [-0.4, -0.2) is 24.2 Å². The van der Waals surface area contributed by atoms with E-state index in [0.29, 0.717) is 19.8 Å². The van der Waals surface area contributed by atoms with Crippen molar-refractivity contribution in [1.29, 1.82) is 0 Å². The molecule has 0 saturated heterocycles. The van der Waals surface area contributed by atoms with Gasteiger partial charge in [0, 0.05) is 18.8 Å². The monoisotopic (exact) mass is 181 g/mol. The van der Waals surface area contributed by atoms with Crippen LogP contribution >= 0.6 is 0 Å². The van der Waals surface area contributed by atoms with Gasteiger partial charge >= 0.3 is 0 Å². The molecule has 1 rings (SSSR count). The molecule has 0 amide bonds. The van der Waals surface area contributed by atoms with Crippen LogP contribution in [-0.2, 0) is 11.3 Å². The van der Waals surface area contributed by atoms with Crippen LogP contribution in [0.4, 0.5) is 0 Å². The van der Waals surface area contributed by atoms with Gasteiger partial charge < -0.3 is 16.2 Å². The molecular weight excluding hydrogens is 166 g/mol. The zero-order valence-corrected chi connectivity index (χ0v) is 7.52. The lowest BCUT2D eigenvalue weighted by atomic mass is 10.3. The number of nitrogens with zero attached hydrogens (tertiary/aromatic N) is 1. The van der Waals surface area contributed by atoms with Gasteiger partial charge in [-0.25, -0.2) is 0 Å². The fraction of sp³-hybridized carbons (Fsp3) is 0.444. The second kappa shape index (κ2) is 5.64. The third-order valence-corrected chi connectivity index (χ3v) is 1.61. The summed E-state index contributed by atoms with van der Waals surface area (Å²) in [7, 11) is 0. The van der Waals surface area contributed by atoms with Gasteiger partial charge in [0.05, 0.1) is 18.9 Å². The fourth-order valence-electron chi connectivity index (χ4n) is 0.866. The third-order valence-electron chi connectivity index (χ3n) is 1.61. The summed E-state index contributed by atoms with van der Waals surface area (Å²) in [5.41, 5.74) is 11.8. The molecule has 1 heterocycles. The van der Waals surface area contributed by atoms with Gasteiger partial charge in [0.2, 0.25) is 0 Å². The number of hydrogen-bond acceptors (Lipinski definition) is 4. The second-order valence-corrected chi connectivity index (χ2v) is 2.83. The number of aromatic nitrogens is 1. The molecule has 4 nitrogen and oxygen atoms in total. The Balaban J connectivity index is 2.20. The molecule has 0 aliphatic carbocycles. The first-order chi connectivity index (χ1) is 6.33. The van der Waals surface area contributed by atoms with Crippen molar-refractivity contribution in [2.24, 2.45) is 11.5 Å². The van der Waals surface area contributed by atoms with Gasteiger partial charge in [0.25, 0.3) is 0 Å². The maximum atomic E-state index is 5.57. The molecule has 0 bridgehead atoms. The topological polar surface area (TPSA) is 74.2 Å². The molecular formula is C9H15N3O. The number of ether oxygens (including phenoxy) is 1. The van der Waals surface area contributed by atoms with Crippen molar-refractivity contribution in [2.45, 2.75) is 12.6 Å². The van der Waals surface area contributed by atoms with E-state index < -0.39 is 0 Å². The molecule has 0 radical (unpaired) electrons. The molecule has 0 spiro atoms. The van der Waals surface area contributed by atoms with Gasteiger partial charge in [-0.3, -0.25) is 4.98 Å². The molecule has 13 heavy (non-hydrogen) atoms. The van der Waals surface area contributed by atoms with Crippen LogP contribution in [0.2, 0.25) is 0 Å². The third kappa shape index (κ3) is 3.98. The Morgan fingerprint density at radius 2 is 2.31 bits per heavy atom. The van der Waals surface area contributed by atoms with Crippen LogP contribution in [0.25, 0.3) is 0 Å². The average molecular weight is 181 g/mol. The number of rotatable bonds is 5. The first-order valence-electron chi connectivity index (χ1n) is 4.26. The van der Waals surface area contributed by atoms with E-state index in [1.165, 1.54) is 0 Å². The number of hydrogen-bond donors (Lipinski definition) is 2. The summed E-state index contributed by atoms with van der Waals surface area (Å²) < 4.78 is 5.30. The summed E-state index contributed by atoms with van der Waals surface area (Å²) >= 11 is 0. The summed E-state index contributed by atoms with van der Waals surface area (Å²) in [5.74, 6) is 0. The quantitative estimate of drug-likeness (QED) is 0.664. The Morgan fingerprint density at radius 3 is 2.92 bits per heavy atom. The zero-order chi connectivity index (χ0) is 9.52. The number of nitrogens with two attached hydrogens (primary N) is 2. The van der Waals surface area contributed by atoms with E-state index in [2.05, 4.69) is 4.98 Å². The van der Waals surface area contributed by atoms with Crippen LogP contribution in [0.1, 0.15) is 5.69 Å². The first-order valence-corrected chi connectivity index (χ1v) is 4.26. The second-order valence-electron chi connectivity index (χ2n) is 2.83. The largest absolute Gasteiger partial charge is 0.373 e. The smallest absolute Gasteiger partial charge is 0.0888 e. The van der Waals surface area contributed by atoms with Gasteiger partial charge in [-0.15, -0.1) is 0 Å². The molecule has 0 aliphatic heterocycles. The van der Waals surface area contributed by atoms with Gasteiger partial charge in [-0.1, -0.05) is 6.07 Å². The highest BCUT2D eigenvalue weighted by Gasteiger charge is 1.99. The molecule has 1 aromatic heterocycles. The summed E-state index contributed by atoms with van der Waals surface area (Å²) in [6, 6.07) is 5.63. The Labute approximate surface area is 77.9 Å². The minimum absolute atomic E-state index is 0.0799. The predicted molar refractivity (Wildman–Crippen MR) is 50.9 cm³/mol. The highest BCUT2D eigenvalue weighted by atomic mass is 16.5. The van der Waals surface area contributed by atoms with E-state index in [0.717, 1.165) is 5.69 Å². The fourth-order valence-corrected chi connectivity index (χ4v) is 0.866. The predicted octanol–water partition coefficient (Wildman–Crippen LogP) is -0.116. The van der Waals surface area contributed by atoms with Crippen LogP contribution < -0.4 is 11.5 Å². The Kier molecular flexibility index (Phi) is 4.39. The van der Waals surface area contributed by atoms with Crippen LogP contribution in [0, 0.1) is 0 Å². The van der Waals surface area contributed by atoms with Gasteiger partial charge in [-0.2, -0.15) is 0 Å². The molecule has 1 atom stereocenters. The van der Waals surface area contributed by atoms with Gasteiger partial charge in [0.1, 0.15) is 0 Å².